The van der Waals surface area contributed by atoms with E-state index < -0.39 is 0 Å². The fraction of sp³-hybridized carbons (Fsp3) is 0.148. The number of anilines is 1. The molecule has 0 amide bonds. The largest absolute Gasteiger partial charge is 0.372 e. The van der Waals surface area contributed by atoms with Crippen molar-refractivity contribution in [3.8, 4) is 30.0 Å². The molecule has 0 aliphatic carbocycles. The Hall–Kier alpha value is -5.31. The molecule has 35 heavy (non-hydrogen) atoms. The molecule has 0 saturated carbocycles. The lowest BCUT2D eigenvalue weighted by Gasteiger charge is -2.20. The molecular weight excluding hydrogens is 436 g/mol. The van der Waals surface area contributed by atoms with Gasteiger partial charge in [-0.2, -0.15) is 36.2 Å². The lowest BCUT2D eigenvalue weighted by atomic mass is 10.2. The van der Waals surface area contributed by atoms with E-state index in [2.05, 4.69) is 63.2 Å². The molecule has 0 N–H and O–H groups in total. The zero-order valence-corrected chi connectivity index (χ0v) is 19.4. The fourth-order valence-electron chi connectivity index (χ4n) is 2.85. The van der Waals surface area contributed by atoms with Crippen molar-refractivity contribution < 1.29 is 0 Å². The SMILES string of the molecule is CCN(CC)c1ccc(N=Nc2ccc(N=Nc3ccc(C#CC#N)cc3)cc2)cc1.N#CC#N. The van der Waals surface area contributed by atoms with Crippen LogP contribution in [0.15, 0.2) is 93.3 Å². The molecule has 3 rings (SSSR count). The van der Waals surface area contributed by atoms with Gasteiger partial charge in [-0.25, -0.2) is 0 Å². The highest BCUT2D eigenvalue weighted by atomic mass is 15.1. The Morgan fingerprint density at radius 2 is 0.943 bits per heavy atom. The normalized spacial score (nSPS) is 9.69. The maximum absolute atomic E-state index is 8.48. The van der Waals surface area contributed by atoms with Gasteiger partial charge in [0.05, 0.1) is 22.7 Å². The molecule has 170 valence electrons. The molecule has 0 heterocycles. The minimum absolute atomic E-state index is 0.708. The second kappa shape index (κ2) is 14.7. The summed E-state index contributed by atoms with van der Waals surface area (Å²) in [6, 6.07) is 26.9. The fourth-order valence-corrected chi connectivity index (χ4v) is 2.85. The molecule has 0 radical (unpaired) electrons. The molecule has 0 aromatic heterocycles. The Morgan fingerprint density at radius 1 is 0.571 bits per heavy atom. The zero-order chi connectivity index (χ0) is 25.3. The van der Waals surface area contributed by atoms with Crippen LogP contribution in [-0.2, 0) is 0 Å². The van der Waals surface area contributed by atoms with Gasteiger partial charge in [0.1, 0.15) is 0 Å². The third-order valence-corrected chi connectivity index (χ3v) is 4.57. The van der Waals surface area contributed by atoms with Gasteiger partial charge in [0, 0.05) is 30.3 Å². The maximum atomic E-state index is 8.48. The zero-order valence-electron chi connectivity index (χ0n) is 19.4. The van der Waals surface area contributed by atoms with Crippen LogP contribution in [-0.4, -0.2) is 13.1 Å². The van der Waals surface area contributed by atoms with Crippen LogP contribution in [0.4, 0.5) is 28.4 Å². The van der Waals surface area contributed by atoms with E-state index >= 15 is 0 Å². The molecule has 0 unspecified atom stereocenters. The Balaban J connectivity index is 0.00000100. The van der Waals surface area contributed by atoms with Gasteiger partial charge >= 0.3 is 0 Å². The molecule has 0 fully saturated rings. The number of benzene rings is 3. The molecule has 3 aromatic rings. The van der Waals surface area contributed by atoms with Crippen molar-refractivity contribution in [1.29, 1.82) is 15.8 Å². The monoisotopic (exact) mass is 458 g/mol. The van der Waals surface area contributed by atoms with E-state index in [0.29, 0.717) is 5.69 Å². The highest BCUT2D eigenvalue weighted by Crippen LogP contribution is 2.25. The van der Waals surface area contributed by atoms with Crippen molar-refractivity contribution in [3.05, 3.63) is 78.4 Å². The van der Waals surface area contributed by atoms with Gasteiger partial charge < -0.3 is 4.90 Å². The van der Waals surface area contributed by atoms with E-state index in [1.54, 1.807) is 30.3 Å². The van der Waals surface area contributed by atoms with Crippen LogP contribution >= 0.6 is 0 Å². The van der Waals surface area contributed by atoms with Gasteiger partial charge in [-0.15, -0.1) is 0 Å². The summed E-state index contributed by atoms with van der Waals surface area (Å²) in [4.78, 5) is 2.28. The highest BCUT2D eigenvalue weighted by Gasteiger charge is 2.01. The molecule has 8 heteroatoms. The number of nitriles is 3. The average molecular weight is 459 g/mol. The Kier molecular flexibility index (Phi) is 10.9. The van der Waals surface area contributed by atoms with Crippen molar-refractivity contribution >= 4 is 28.4 Å². The highest BCUT2D eigenvalue weighted by molar-refractivity contribution is 5.53. The van der Waals surface area contributed by atoms with Crippen LogP contribution < -0.4 is 4.90 Å². The van der Waals surface area contributed by atoms with Crippen LogP contribution in [0, 0.1) is 45.8 Å². The standard InChI is InChI=1S/C25H22N6.C2N2/c1-3-31(4-2)25-17-15-24(16-18-25)30-29-23-13-11-22(12-14-23)28-27-21-9-7-20(8-10-21)6-5-19-26;3-1-2-4/h7-18H,3-4H2,1-2H3;. The Labute approximate surface area is 205 Å². The van der Waals surface area contributed by atoms with Crippen molar-refractivity contribution in [1.82, 2.24) is 0 Å². The van der Waals surface area contributed by atoms with E-state index in [1.807, 2.05) is 36.4 Å². The summed E-state index contributed by atoms with van der Waals surface area (Å²) < 4.78 is 0. The average Bonchev–Trinajstić information content (AvgIpc) is 2.92. The number of hydrogen-bond acceptors (Lipinski definition) is 8. The maximum Gasteiger partial charge on any atom is 0.181 e. The third kappa shape index (κ3) is 8.99. The van der Waals surface area contributed by atoms with E-state index in [0.717, 1.165) is 35.7 Å². The van der Waals surface area contributed by atoms with Crippen molar-refractivity contribution in [2.24, 2.45) is 20.5 Å². The molecule has 3 aromatic carbocycles. The van der Waals surface area contributed by atoms with Gasteiger partial charge in [0.2, 0.25) is 0 Å². The first kappa shape index (κ1) is 25.9. The Bertz CT molecular complexity index is 1310. The summed E-state index contributed by atoms with van der Waals surface area (Å²) in [5, 5.41) is 40.0. The summed E-state index contributed by atoms with van der Waals surface area (Å²) in [6.45, 7) is 6.24. The minimum atomic E-state index is 0.708. The summed E-state index contributed by atoms with van der Waals surface area (Å²) in [7, 11) is 0. The number of nitrogens with zero attached hydrogens (tertiary/aromatic N) is 8. The predicted molar refractivity (Wildman–Crippen MR) is 135 cm³/mol. The molecule has 0 bridgehead atoms. The Morgan fingerprint density at radius 3 is 1.29 bits per heavy atom. The first-order valence-electron chi connectivity index (χ1n) is 10.7. The van der Waals surface area contributed by atoms with Gasteiger partial charge in [-0.05, 0) is 86.6 Å². The minimum Gasteiger partial charge on any atom is -0.372 e. The van der Waals surface area contributed by atoms with Crippen LogP contribution in [0.2, 0.25) is 0 Å². The van der Waals surface area contributed by atoms with Gasteiger partial charge in [-0.3, -0.25) is 0 Å². The molecule has 0 aliphatic rings. The first-order chi connectivity index (χ1) is 17.1. The molecule has 0 saturated heterocycles. The third-order valence-electron chi connectivity index (χ3n) is 4.57. The number of hydrogen-bond donors (Lipinski definition) is 0. The van der Waals surface area contributed by atoms with Crippen LogP contribution in [0.5, 0.6) is 0 Å². The lowest BCUT2D eigenvalue weighted by molar-refractivity contribution is 0.866. The van der Waals surface area contributed by atoms with Gasteiger partial charge in [-0.1, -0.05) is 5.92 Å². The molecule has 0 aliphatic heterocycles. The van der Waals surface area contributed by atoms with E-state index in [-0.39, 0.29) is 0 Å². The van der Waals surface area contributed by atoms with Crippen molar-refractivity contribution in [2.75, 3.05) is 18.0 Å². The lowest BCUT2D eigenvalue weighted by Crippen LogP contribution is -2.21. The van der Waals surface area contributed by atoms with Gasteiger partial charge in [0.25, 0.3) is 0 Å². The van der Waals surface area contributed by atoms with Crippen LogP contribution in [0.3, 0.4) is 0 Å². The summed E-state index contributed by atoms with van der Waals surface area (Å²) >= 11 is 0. The van der Waals surface area contributed by atoms with Crippen molar-refractivity contribution in [2.45, 2.75) is 13.8 Å². The summed E-state index contributed by atoms with van der Waals surface area (Å²) in [6.07, 6.45) is 0. The topological polar surface area (TPSA) is 124 Å². The summed E-state index contributed by atoms with van der Waals surface area (Å²) in [5.41, 5.74) is 4.92. The molecule has 0 atom stereocenters. The van der Waals surface area contributed by atoms with Gasteiger partial charge in [0.15, 0.2) is 18.2 Å². The van der Waals surface area contributed by atoms with E-state index in [9.17, 15) is 0 Å². The second-order valence-electron chi connectivity index (χ2n) is 6.74. The first-order valence-corrected chi connectivity index (χ1v) is 10.7. The predicted octanol–water partition coefficient (Wildman–Crippen LogP) is 7.27. The number of rotatable bonds is 7. The second-order valence-corrected chi connectivity index (χ2v) is 6.74. The molecule has 8 nitrogen and oxygen atoms in total. The van der Waals surface area contributed by atoms with Crippen LogP contribution in [0.1, 0.15) is 19.4 Å². The smallest absolute Gasteiger partial charge is 0.181 e. The number of azo groups is 2. The van der Waals surface area contributed by atoms with Crippen LogP contribution in [0.25, 0.3) is 0 Å². The van der Waals surface area contributed by atoms with Crippen molar-refractivity contribution in [3.63, 3.8) is 0 Å². The molecule has 0 spiro atoms. The summed E-state index contributed by atoms with van der Waals surface area (Å²) in [5.74, 6) is 5.10. The van der Waals surface area contributed by atoms with E-state index in [4.69, 9.17) is 15.8 Å². The molecular formula is C27H22N8. The quantitative estimate of drug-likeness (QED) is 0.272. The van der Waals surface area contributed by atoms with E-state index in [1.165, 1.54) is 17.8 Å².